The van der Waals surface area contributed by atoms with Crippen molar-refractivity contribution < 1.29 is 14.7 Å². The summed E-state index contributed by atoms with van der Waals surface area (Å²) in [7, 11) is 3.81. The average molecular weight is 250 g/mol. The van der Waals surface area contributed by atoms with Crippen LogP contribution in [0.15, 0.2) is 24.3 Å². The van der Waals surface area contributed by atoms with Gasteiger partial charge >= 0.3 is 5.97 Å². The normalized spacial score (nSPS) is 11.7. The van der Waals surface area contributed by atoms with Crippen molar-refractivity contribution in [1.82, 2.24) is 5.32 Å². The Morgan fingerprint density at radius 2 is 1.83 bits per heavy atom. The van der Waals surface area contributed by atoms with Gasteiger partial charge in [-0.1, -0.05) is 19.1 Å². The number of hydrogen-bond acceptors (Lipinski definition) is 3. The smallest absolute Gasteiger partial charge is 0.330 e. The molecule has 1 unspecified atom stereocenters. The molecular weight excluding hydrogens is 232 g/mol. The molecular formula is C13H18N2O3. The van der Waals surface area contributed by atoms with Crippen LogP contribution in [0, 0.1) is 0 Å². The summed E-state index contributed by atoms with van der Waals surface area (Å²) < 4.78 is 0. The quantitative estimate of drug-likeness (QED) is 0.829. The van der Waals surface area contributed by atoms with E-state index in [0.29, 0.717) is 5.56 Å². The molecule has 5 nitrogen and oxygen atoms in total. The van der Waals surface area contributed by atoms with Crippen molar-refractivity contribution in [2.75, 3.05) is 19.0 Å². The standard InChI is InChI=1S/C13H18N2O3/c1-4-11(16)14-12(13(17)18)9-5-7-10(8-6-9)15(2)3/h5-8,12H,4H2,1-3H3,(H,14,16)(H,17,18). The molecule has 0 aromatic heterocycles. The van der Waals surface area contributed by atoms with E-state index in [1.54, 1.807) is 19.1 Å². The number of aliphatic carboxylic acids is 1. The van der Waals surface area contributed by atoms with Crippen molar-refractivity contribution in [1.29, 1.82) is 0 Å². The minimum absolute atomic E-state index is 0.263. The zero-order chi connectivity index (χ0) is 13.7. The topological polar surface area (TPSA) is 69.6 Å². The molecule has 18 heavy (non-hydrogen) atoms. The van der Waals surface area contributed by atoms with E-state index in [-0.39, 0.29) is 12.3 Å². The summed E-state index contributed by atoms with van der Waals surface area (Å²) in [6.07, 6.45) is 0.263. The molecule has 0 fully saturated rings. The van der Waals surface area contributed by atoms with Gasteiger partial charge in [-0.15, -0.1) is 0 Å². The van der Waals surface area contributed by atoms with Gasteiger partial charge in [0.05, 0.1) is 0 Å². The molecule has 5 heteroatoms. The highest BCUT2D eigenvalue weighted by molar-refractivity contribution is 5.84. The van der Waals surface area contributed by atoms with Crippen molar-refractivity contribution in [2.24, 2.45) is 0 Å². The second-order valence-electron chi connectivity index (χ2n) is 4.18. The molecule has 1 aromatic rings. The van der Waals surface area contributed by atoms with Crippen molar-refractivity contribution in [3.63, 3.8) is 0 Å². The average Bonchev–Trinajstić information content (AvgIpc) is 2.35. The van der Waals surface area contributed by atoms with Crippen LogP contribution in [-0.4, -0.2) is 31.1 Å². The number of hydrogen-bond donors (Lipinski definition) is 2. The summed E-state index contributed by atoms with van der Waals surface area (Å²) in [5.41, 5.74) is 1.54. The second-order valence-corrected chi connectivity index (χ2v) is 4.18. The molecule has 0 heterocycles. The van der Waals surface area contributed by atoms with E-state index in [1.807, 2.05) is 31.1 Å². The van der Waals surface area contributed by atoms with Crippen LogP contribution in [0.2, 0.25) is 0 Å². The van der Waals surface area contributed by atoms with Gasteiger partial charge in [-0.05, 0) is 17.7 Å². The van der Waals surface area contributed by atoms with Crippen LogP contribution < -0.4 is 10.2 Å². The number of carboxylic acid groups (broad SMARTS) is 1. The predicted octanol–water partition coefficient (Wildman–Crippen LogP) is 1.40. The van der Waals surface area contributed by atoms with Gasteiger partial charge in [0.1, 0.15) is 0 Å². The van der Waals surface area contributed by atoms with Crippen molar-refractivity contribution in [2.45, 2.75) is 19.4 Å². The molecule has 1 rings (SSSR count). The fourth-order valence-corrected chi connectivity index (χ4v) is 1.52. The Kier molecular flexibility index (Phi) is 4.71. The number of amides is 1. The van der Waals surface area contributed by atoms with Crippen LogP contribution >= 0.6 is 0 Å². The lowest BCUT2D eigenvalue weighted by atomic mass is 10.1. The molecule has 2 N–H and O–H groups in total. The van der Waals surface area contributed by atoms with E-state index >= 15 is 0 Å². The minimum atomic E-state index is -1.06. The molecule has 1 aromatic carbocycles. The summed E-state index contributed by atoms with van der Waals surface area (Å²) in [6.45, 7) is 1.68. The van der Waals surface area contributed by atoms with Crippen LogP contribution in [0.1, 0.15) is 24.9 Å². The largest absolute Gasteiger partial charge is 0.479 e. The molecule has 0 bridgehead atoms. The lowest BCUT2D eigenvalue weighted by molar-refractivity contribution is -0.142. The number of carbonyl (C=O) groups excluding carboxylic acids is 1. The molecule has 1 atom stereocenters. The fourth-order valence-electron chi connectivity index (χ4n) is 1.52. The van der Waals surface area contributed by atoms with Gasteiger partial charge in [-0.2, -0.15) is 0 Å². The van der Waals surface area contributed by atoms with Crippen LogP contribution in [0.5, 0.6) is 0 Å². The number of nitrogens with one attached hydrogen (secondary N) is 1. The highest BCUT2D eigenvalue weighted by Crippen LogP contribution is 2.18. The number of carbonyl (C=O) groups is 2. The number of nitrogens with zero attached hydrogens (tertiary/aromatic N) is 1. The lowest BCUT2D eigenvalue weighted by Crippen LogP contribution is -2.33. The molecule has 0 aliphatic heterocycles. The first kappa shape index (κ1) is 14.0. The van der Waals surface area contributed by atoms with Gasteiger partial charge in [0.15, 0.2) is 6.04 Å². The lowest BCUT2D eigenvalue weighted by Gasteiger charge is -2.17. The molecule has 0 saturated heterocycles. The van der Waals surface area contributed by atoms with Crippen molar-refractivity contribution in [3.05, 3.63) is 29.8 Å². The van der Waals surface area contributed by atoms with E-state index in [4.69, 9.17) is 5.11 Å². The molecule has 0 aliphatic rings. The van der Waals surface area contributed by atoms with Crippen LogP contribution in [0.25, 0.3) is 0 Å². The highest BCUT2D eigenvalue weighted by atomic mass is 16.4. The number of rotatable bonds is 5. The SMILES string of the molecule is CCC(=O)NC(C(=O)O)c1ccc(N(C)C)cc1. The van der Waals surface area contributed by atoms with Crippen LogP contribution in [-0.2, 0) is 9.59 Å². The van der Waals surface area contributed by atoms with Gasteiger partial charge in [-0.25, -0.2) is 4.79 Å². The first-order chi connectivity index (χ1) is 8.45. The van der Waals surface area contributed by atoms with Gasteiger partial charge in [-0.3, -0.25) is 4.79 Å². The van der Waals surface area contributed by atoms with E-state index in [0.717, 1.165) is 5.69 Å². The van der Waals surface area contributed by atoms with Gasteiger partial charge in [0, 0.05) is 26.2 Å². The fraction of sp³-hybridized carbons (Fsp3) is 0.385. The summed E-state index contributed by atoms with van der Waals surface area (Å²) in [5, 5.41) is 11.6. The summed E-state index contributed by atoms with van der Waals surface area (Å²) in [5.74, 6) is -1.34. The number of benzene rings is 1. The monoisotopic (exact) mass is 250 g/mol. The van der Waals surface area contributed by atoms with Crippen molar-refractivity contribution >= 4 is 17.6 Å². The summed E-state index contributed by atoms with van der Waals surface area (Å²) in [4.78, 5) is 24.4. The Morgan fingerprint density at radius 3 is 2.22 bits per heavy atom. The Hall–Kier alpha value is -2.04. The maximum Gasteiger partial charge on any atom is 0.330 e. The zero-order valence-electron chi connectivity index (χ0n) is 10.8. The molecule has 0 radical (unpaired) electrons. The van der Waals surface area contributed by atoms with Gasteiger partial charge < -0.3 is 15.3 Å². The van der Waals surface area contributed by atoms with Crippen LogP contribution in [0.3, 0.4) is 0 Å². The summed E-state index contributed by atoms with van der Waals surface area (Å²) >= 11 is 0. The van der Waals surface area contributed by atoms with E-state index < -0.39 is 12.0 Å². The van der Waals surface area contributed by atoms with Gasteiger partial charge in [0.2, 0.25) is 5.91 Å². The Bertz CT molecular complexity index is 426. The Balaban J connectivity index is 2.92. The van der Waals surface area contributed by atoms with E-state index in [1.165, 1.54) is 0 Å². The summed E-state index contributed by atoms with van der Waals surface area (Å²) in [6, 6.07) is 6.08. The molecule has 98 valence electrons. The zero-order valence-corrected chi connectivity index (χ0v) is 10.8. The molecule has 1 amide bonds. The first-order valence-corrected chi connectivity index (χ1v) is 5.75. The molecule has 0 spiro atoms. The third kappa shape index (κ3) is 3.48. The van der Waals surface area contributed by atoms with E-state index in [9.17, 15) is 9.59 Å². The number of anilines is 1. The Morgan fingerprint density at radius 1 is 1.28 bits per heavy atom. The maximum absolute atomic E-state index is 11.3. The van der Waals surface area contributed by atoms with E-state index in [2.05, 4.69) is 5.32 Å². The maximum atomic E-state index is 11.3. The third-order valence-corrected chi connectivity index (χ3v) is 2.62. The molecule has 0 aliphatic carbocycles. The first-order valence-electron chi connectivity index (χ1n) is 5.75. The second kappa shape index (κ2) is 6.05. The predicted molar refractivity (Wildman–Crippen MR) is 69.6 cm³/mol. The van der Waals surface area contributed by atoms with Crippen molar-refractivity contribution in [3.8, 4) is 0 Å². The third-order valence-electron chi connectivity index (χ3n) is 2.62. The highest BCUT2D eigenvalue weighted by Gasteiger charge is 2.21. The van der Waals surface area contributed by atoms with Crippen LogP contribution in [0.4, 0.5) is 5.69 Å². The number of carboxylic acids is 1. The molecule has 0 saturated carbocycles. The van der Waals surface area contributed by atoms with Gasteiger partial charge in [0.25, 0.3) is 0 Å². The Labute approximate surface area is 106 Å². The minimum Gasteiger partial charge on any atom is -0.479 e.